The van der Waals surface area contributed by atoms with Gasteiger partial charge in [0.1, 0.15) is 17.4 Å². The van der Waals surface area contributed by atoms with Crippen molar-refractivity contribution < 1.29 is 18.0 Å². The lowest BCUT2D eigenvalue weighted by Crippen LogP contribution is -2.45. The van der Waals surface area contributed by atoms with Gasteiger partial charge in [-0.25, -0.2) is 8.78 Å². The van der Waals surface area contributed by atoms with E-state index in [-0.39, 0.29) is 29.4 Å². The van der Waals surface area contributed by atoms with E-state index in [1.165, 1.54) is 18.2 Å². The van der Waals surface area contributed by atoms with Crippen LogP contribution in [0.1, 0.15) is 34.8 Å². The van der Waals surface area contributed by atoms with Crippen molar-refractivity contribution in [1.29, 1.82) is 0 Å². The first kappa shape index (κ1) is 21.2. The number of likely N-dealkylation sites (tertiary alicyclic amines) is 1. The third kappa shape index (κ3) is 5.39. The van der Waals surface area contributed by atoms with Crippen LogP contribution in [0.25, 0.3) is 0 Å². The lowest BCUT2D eigenvalue weighted by Gasteiger charge is -2.37. The Bertz CT molecular complexity index is 1020. The highest BCUT2D eigenvalue weighted by Gasteiger charge is 2.32. The zero-order chi connectivity index (χ0) is 21.8. The smallest absolute Gasteiger partial charge is 0.224 e. The van der Waals surface area contributed by atoms with E-state index in [9.17, 15) is 13.6 Å². The Balaban J connectivity index is 1.51. The lowest BCUT2D eigenvalue weighted by molar-refractivity contribution is -0.127. The highest BCUT2D eigenvalue weighted by Crippen LogP contribution is 2.32. The summed E-state index contributed by atoms with van der Waals surface area (Å²) in [4.78, 5) is 15.2. The number of amides is 1. The molecule has 4 nitrogen and oxygen atoms in total. The van der Waals surface area contributed by atoms with Crippen molar-refractivity contribution in [2.75, 3.05) is 13.1 Å². The van der Waals surface area contributed by atoms with Gasteiger partial charge in [-0.05, 0) is 66.3 Å². The van der Waals surface area contributed by atoms with Crippen LogP contribution in [0.15, 0.2) is 65.3 Å². The topological polar surface area (TPSA) is 45.5 Å². The van der Waals surface area contributed by atoms with Crippen LogP contribution in [0.5, 0.6) is 0 Å². The van der Waals surface area contributed by atoms with Gasteiger partial charge in [-0.3, -0.25) is 9.69 Å². The highest BCUT2D eigenvalue weighted by atomic mass is 19.1. The predicted octanol–water partition coefficient (Wildman–Crippen LogP) is 4.79. The first-order valence-electron chi connectivity index (χ1n) is 10.5. The molecule has 1 fully saturated rings. The Kier molecular flexibility index (Phi) is 6.47. The first-order valence-corrected chi connectivity index (χ1v) is 10.5. The molecule has 4 rings (SSSR count). The van der Waals surface area contributed by atoms with Gasteiger partial charge in [0.2, 0.25) is 5.91 Å². The maximum absolute atomic E-state index is 13.8. The van der Waals surface area contributed by atoms with E-state index in [4.69, 9.17) is 4.42 Å². The Labute approximate surface area is 180 Å². The van der Waals surface area contributed by atoms with E-state index >= 15 is 0 Å². The van der Waals surface area contributed by atoms with Crippen molar-refractivity contribution in [3.05, 3.63) is 94.9 Å². The monoisotopic (exact) mass is 424 g/mol. The number of nitrogens with one attached hydrogen (secondary N) is 1. The molecule has 2 heterocycles. The molecule has 0 saturated carbocycles. The quantitative estimate of drug-likeness (QED) is 0.619. The fourth-order valence-corrected chi connectivity index (χ4v) is 4.25. The number of furan rings is 1. The molecule has 1 saturated heterocycles. The summed E-state index contributed by atoms with van der Waals surface area (Å²) < 4.78 is 32.4. The van der Waals surface area contributed by atoms with E-state index < -0.39 is 0 Å². The predicted molar refractivity (Wildman–Crippen MR) is 114 cm³/mol. The number of nitrogens with zero attached hydrogens (tertiary/aromatic N) is 1. The van der Waals surface area contributed by atoms with Crippen LogP contribution in [-0.4, -0.2) is 23.9 Å². The van der Waals surface area contributed by atoms with Crippen LogP contribution in [-0.2, 0) is 17.9 Å². The molecule has 3 aromatic rings. The molecular weight excluding hydrogens is 398 g/mol. The summed E-state index contributed by atoms with van der Waals surface area (Å²) in [7, 11) is 0. The van der Waals surface area contributed by atoms with Crippen LogP contribution in [0, 0.1) is 24.5 Å². The third-order valence-electron chi connectivity index (χ3n) is 5.89. The molecule has 0 bridgehead atoms. The largest absolute Gasteiger partial charge is 0.467 e. The zero-order valence-corrected chi connectivity index (χ0v) is 17.5. The number of hydrogen-bond donors (Lipinski definition) is 1. The number of carbonyl (C=O) groups excluding carboxylic acids is 1. The van der Waals surface area contributed by atoms with Gasteiger partial charge in [0.15, 0.2) is 0 Å². The van der Waals surface area contributed by atoms with Crippen molar-refractivity contribution in [3.63, 3.8) is 0 Å². The summed E-state index contributed by atoms with van der Waals surface area (Å²) in [6, 6.07) is 15.2. The van der Waals surface area contributed by atoms with Gasteiger partial charge < -0.3 is 9.73 Å². The number of carbonyl (C=O) groups is 1. The van der Waals surface area contributed by atoms with Gasteiger partial charge in [0.25, 0.3) is 0 Å². The van der Waals surface area contributed by atoms with Crippen molar-refractivity contribution in [1.82, 2.24) is 10.2 Å². The molecule has 0 spiro atoms. The second-order valence-electron chi connectivity index (χ2n) is 8.26. The summed E-state index contributed by atoms with van der Waals surface area (Å²) in [5, 5.41) is 2.97. The average molecular weight is 424 g/mol. The van der Waals surface area contributed by atoms with Gasteiger partial charge >= 0.3 is 0 Å². The molecule has 2 aromatic carbocycles. The molecule has 1 aromatic heterocycles. The maximum atomic E-state index is 13.8. The minimum Gasteiger partial charge on any atom is -0.467 e. The van der Waals surface area contributed by atoms with Gasteiger partial charge in [-0.2, -0.15) is 0 Å². The standard InChI is InChI=1S/C25H26F2N2O2/c1-17-11-19(6-9-24(17)27)20-12-21(25(30)28-13-23-3-2-10-31-23)16-29(15-20)14-18-4-7-22(26)8-5-18/h2-11,20-21H,12-16H2,1H3,(H,28,30)/t20-,21-/m0/s1. The molecule has 0 radical (unpaired) electrons. The second-order valence-corrected chi connectivity index (χ2v) is 8.26. The van der Waals surface area contributed by atoms with Crippen molar-refractivity contribution in [3.8, 4) is 0 Å². The van der Waals surface area contributed by atoms with Crippen LogP contribution in [0.3, 0.4) is 0 Å². The summed E-state index contributed by atoms with van der Waals surface area (Å²) in [6.45, 7) is 4.09. The highest BCUT2D eigenvalue weighted by molar-refractivity contribution is 5.79. The summed E-state index contributed by atoms with van der Waals surface area (Å²) in [5.74, 6) is 0.0853. The second kappa shape index (κ2) is 9.43. The number of aryl methyl sites for hydroxylation is 1. The Morgan fingerprint density at radius 3 is 2.65 bits per heavy atom. The molecule has 162 valence electrons. The molecule has 31 heavy (non-hydrogen) atoms. The summed E-state index contributed by atoms with van der Waals surface area (Å²) in [5.41, 5.74) is 2.63. The average Bonchev–Trinajstić information content (AvgIpc) is 3.29. The van der Waals surface area contributed by atoms with Crippen molar-refractivity contribution >= 4 is 5.91 Å². The SMILES string of the molecule is Cc1cc([C@H]2C[C@H](C(=O)NCc3ccco3)CN(Cc3ccc(F)cc3)C2)ccc1F. The van der Waals surface area contributed by atoms with Crippen LogP contribution in [0.4, 0.5) is 8.78 Å². The molecule has 1 amide bonds. The van der Waals surface area contributed by atoms with Gasteiger partial charge in [-0.1, -0.05) is 24.3 Å². The van der Waals surface area contributed by atoms with Gasteiger partial charge in [0, 0.05) is 19.6 Å². The summed E-state index contributed by atoms with van der Waals surface area (Å²) >= 11 is 0. The fraction of sp³-hybridized carbons (Fsp3) is 0.320. The van der Waals surface area contributed by atoms with Gasteiger partial charge in [0.05, 0.1) is 18.7 Å². The lowest BCUT2D eigenvalue weighted by atomic mass is 9.83. The number of hydrogen-bond acceptors (Lipinski definition) is 3. The third-order valence-corrected chi connectivity index (χ3v) is 5.89. The van der Waals surface area contributed by atoms with Gasteiger partial charge in [-0.15, -0.1) is 0 Å². The fourth-order valence-electron chi connectivity index (χ4n) is 4.25. The minimum atomic E-state index is -0.266. The first-order chi connectivity index (χ1) is 15.0. The van der Waals surface area contributed by atoms with Crippen LogP contribution >= 0.6 is 0 Å². The van der Waals surface area contributed by atoms with E-state index in [2.05, 4.69) is 10.2 Å². The summed E-state index contributed by atoms with van der Waals surface area (Å²) in [6.07, 6.45) is 2.27. The van der Waals surface area contributed by atoms with E-state index in [0.717, 1.165) is 17.7 Å². The Morgan fingerprint density at radius 1 is 1.13 bits per heavy atom. The molecular formula is C25H26F2N2O2. The Hall–Kier alpha value is -2.99. The molecule has 6 heteroatoms. The maximum Gasteiger partial charge on any atom is 0.224 e. The zero-order valence-electron chi connectivity index (χ0n) is 17.5. The van der Waals surface area contributed by atoms with E-state index in [0.29, 0.717) is 37.4 Å². The number of benzene rings is 2. The molecule has 1 N–H and O–H groups in total. The van der Waals surface area contributed by atoms with Crippen LogP contribution in [0.2, 0.25) is 0 Å². The molecule has 0 aliphatic carbocycles. The molecule has 1 aliphatic rings. The van der Waals surface area contributed by atoms with Crippen molar-refractivity contribution in [2.24, 2.45) is 5.92 Å². The van der Waals surface area contributed by atoms with E-state index in [1.54, 1.807) is 31.4 Å². The Morgan fingerprint density at radius 2 is 1.94 bits per heavy atom. The number of rotatable bonds is 6. The van der Waals surface area contributed by atoms with E-state index in [1.807, 2.05) is 18.2 Å². The normalized spacial score (nSPS) is 19.3. The molecule has 0 unspecified atom stereocenters. The van der Waals surface area contributed by atoms with Crippen LogP contribution < -0.4 is 5.32 Å². The van der Waals surface area contributed by atoms with Crippen molar-refractivity contribution in [2.45, 2.75) is 32.4 Å². The molecule has 2 atom stereocenters. The number of halogens is 2. The number of piperidine rings is 1. The molecule has 1 aliphatic heterocycles. The minimum absolute atomic E-state index is 0.0240.